The summed E-state index contributed by atoms with van der Waals surface area (Å²) in [7, 11) is 0. The molecule has 2 N–H and O–H groups in total. The molecule has 0 spiro atoms. The van der Waals surface area contributed by atoms with Crippen LogP contribution in [0, 0.1) is 5.92 Å². The van der Waals surface area contributed by atoms with Crippen molar-refractivity contribution >= 4 is 29.3 Å². The second-order valence-corrected chi connectivity index (χ2v) is 10.5. The van der Waals surface area contributed by atoms with Crippen molar-refractivity contribution in [3.63, 3.8) is 0 Å². The number of amides is 3. The number of aromatic nitrogens is 5. The highest BCUT2D eigenvalue weighted by atomic mass is 35.5. The molecule has 3 aromatic rings. The van der Waals surface area contributed by atoms with E-state index in [0.29, 0.717) is 49.3 Å². The van der Waals surface area contributed by atoms with Gasteiger partial charge in [0.05, 0.1) is 23.8 Å². The van der Waals surface area contributed by atoms with Gasteiger partial charge < -0.3 is 15.5 Å². The number of hydrogen-bond acceptors (Lipinski definition) is 6. The second kappa shape index (κ2) is 12.9. The Morgan fingerprint density at radius 2 is 1.90 bits per heavy atom. The molecule has 2 atom stereocenters. The van der Waals surface area contributed by atoms with Gasteiger partial charge in [-0.3, -0.25) is 19.1 Å². The summed E-state index contributed by atoms with van der Waals surface area (Å²) in [6, 6.07) is 8.47. The van der Waals surface area contributed by atoms with Crippen molar-refractivity contribution in [1.29, 1.82) is 0 Å². The minimum Gasteiger partial charge on any atom is -0.345 e. The van der Waals surface area contributed by atoms with Gasteiger partial charge in [0, 0.05) is 44.2 Å². The van der Waals surface area contributed by atoms with Gasteiger partial charge in [0.25, 0.3) is 0 Å². The van der Waals surface area contributed by atoms with E-state index in [-0.39, 0.29) is 36.5 Å². The molecule has 1 aromatic carbocycles. The Morgan fingerprint density at radius 1 is 1.13 bits per heavy atom. The highest BCUT2D eigenvalue weighted by molar-refractivity contribution is 6.30. The number of fused-ring (bicyclic) bond motifs is 1. The Balaban J connectivity index is 1.63. The van der Waals surface area contributed by atoms with E-state index < -0.39 is 12.1 Å². The second-order valence-electron chi connectivity index (χ2n) is 10.1. The van der Waals surface area contributed by atoms with Gasteiger partial charge >= 0.3 is 0 Å². The maximum Gasteiger partial charge on any atom is 0.242 e. The van der Waals surface area contributed by atoms with Crippen LogP contribution in [0.2, 0.25) is 5.02 Å². The first kappa shape index (κ1) is 28.3. The molecule has 39 heavy (non-hydrogen) atoms. The van der Waals surface area contributed by atoms with E-state index in [4.69, 9.17) is 21.7 Å². The van der Waals surface area contributed by atoms with Crippen LogP contribution in [0.4, 0.5) is 0 Å². The highest BCUT2D eigenvalue weighted by Gasteiger charge is 2.28. The predicted molar refractivity (Wildman–Crippen MR) is 146 cm³/mol. The number of carbonyl (C=O) groups is 3. The average molecular weight is 555 g/mol. The highest BCUT2D eigenvalue weighted by Crippen LogP contribution is 2.24. The molecular formula is C27H35ClN8O3. The molecule has 208 valence electrons. The third kappa shape index (κ3) is 7.44. The average Bonchev–Trinajstić information content (AvgIpc) is 3.53. The summed E-state index contributed by atoms with van der Waals surface area (Å²) in [6.07, 6.45) is 4.12. The van der Waals surface area contributed by atoms with Gasteiger partial charge in [0.15, 0.2) is 11.6 Å². The van der Waals surface area contributed by atoms with Crippen LogP contribution in [-0.2, 0) is 27.5 Å². The largest absolute Gasteiger partial charge is 0.345 e. The van der Waals surface area contributed by atoms with Crippen LogP contribution in [-0.4, -0.2) is 66.3 Å². The van der Waals surface area contributed by atoms with Crippen LogP contribution in [0.3, 0.4) is 0 Å². The zero-order valence-corrected chi connectivity index (χ0v) is 23.3. The van der Waals surface area contributed by atoms with Gasteiger partial charge in [-0.15, -0.1) is 0 Å². The van der Waals surface area contributed by atoms with E-state index in [9.17, 15) is 14.4 Å². The summed E-state index contributed by atoms with van der Waals surface area (Å²) in [5, 5.41) is 15.3. The first-order valence-corrected chi connectivity index (χ1v) is 13.6. The summed E-state index contributed by atoms with van der Waals surface area (Å²) in [5.74, 6) is 0.571. The predicted octanol–water partition coefficient (Wildman–Crippen LogP) is 2.83. The molecule has 3 amide bonds. The molecule has 0 fully saturated rings. The Bertz CT molecular complexity index is 1290. The maximum atomic E-state index is 13.3. The number of nitrogens with zero attached hydrogens (tertiary/aromatic N) is 6. The van der Waals surface area contributed by atoms with Crippen molar-refractivity contribution in [3.8, 4) is 11.4 Å². The lowest BCUT2D eigenvalue weighted by molar-refractivity contribution is -0.132. The Kier molecular flexibility index (Phi) is 9.34. The number of benzene rings is 1. The van der Waals surface area contributed by atoms with Crippen LogP contribution in [0.1, 0.15) is 51.9 Å². The molecule has 1 aliphatic rings. The molecule has 2 aromatic heterocycles. The molecule has 4 rings (SSSR count). The number of carbonyl (C=O) groups excluding carboxylic acids is 3. The first-order valence-electron chi connectivity index (χ1n) is 13.3. The number of hydrogen-bond donors (Lipinski definition) is 2. The fourth-order valence-corrected chi connectivity index (χ4v) is 4.64. The zero-order valence-electron chi connectivity index (χ0n) is 22.5. The standard InChI is InChI=1S/C27H35ClN8O3/c1-18(2)24-26-32-25(20-8-5-4-6-9-20)33-36(26)15-14-34(23(38)11-13-35-17-21(28)16-29-35)12-7-10-22(37)30-19(3)27(39)31-24/h4-6,8-9,16-19,24H,7,10-15H2,1-3H3,(H,30,37)(H,31,39)/t19-,24+/m1/s1. The molecule has 1 aliphatic heterocycles. The van der Waals surface area contributed by atoms with Gasteiger partial charge in [-0.1, -0.05) is 55.8 Å². The van der Waals surface area contributed by atoms with Crippen LogP contribution in [0.25, 0.3) is 11.4 Å². The van der Waals surface area contributed by atoms with E-state index in [1.165, 1.54) is 6.20 Å². The van der Waals surface area contributed by atoms with E-state index in [0.717, 1.165) is 5.56 Å². The third-order valence-corrected chi connectivity index (χ3v) is 6.86. The van der Waals surface area contributed by atoms with Crippen LogP contribution in [0.15, 0.2) is 42.7 Å². The minimum absolute atomic E-state index is 0.00467. The van der Waals surface area contributed by atoms with Crippen molar-refractivity contribution in [2.45, 2.75) is 65.2 Å². The Labute approximate surface area is 232 Å². The molecule has 0 aliphatic carbocycles. The van der Waals surface area contributed by atoms with Crippen molar-refractivity contribution in [1.82, 2.24) is 40.1 Å². The van der Waals surface area contributed by atoms with E-state index in [2.05, 4.69) is 15.7 Å². The lowest BCUT2D eigenvalue weighted by Gasteiger charge is -2.27. The summed E-state index contributed by atoms with van der Waals surface area (Å²) >= 11 is 5.95. The Hall–Kier alpha value is -3.73. The van der Waals surface area contributed by atoms with Gasteiger partial charge in [0.2, 0.25) is 17.7 Å². The molecule has 0 saturated heterocycles. The Morgan fingerprint density at radius 3 is 2.59 bits per heavy atom. The van der Waals surface area contributed by atoms with Gasteiger partial charge in [0.1, 0.15) is 6.04 Å². The normalized spacial score (nSPS) is 19.3. The smallest absolute Gasteiger partial charge is 0.242 e. The summed E-state index contributed by atoms with van der Waals surface area (Å²) in [4.78, 5) is 45.4. The van der Waals surface area contributed by atoms with Crippen LogP contribution in [0.5, 0.6) is 0 Å². The number of rotatable bonds is 5. The molecule has 0 radical (unpaired) electrons. The van der Waals surface area contributed by atoms with E-state index in [1.54, 1.807) is 27.4 Å². The SMILES string of the molecule is CC(C)[C@@H]1NC(=O)[C@@H](C)NC(=O)CCCN(C(=O)CCn2cc(Cl)cn2)CCn2nc(-c3ccccc3)nc21. The lowest BCUT2D eigenvalue weighted by atomic mass is 10.0. The summed E-state index contributed by atoms with van der Waals surface area (Å²) in [5.41, 5.74) is 0.857. The topological polar surface area (TPSA) is 127 Å². The van der Waals surface area contributed by atoms with Crippen molar-refractivity contribution < 1.29 is 14.4 Å². The van der Waals surface area contributed by atoms with Gasteiger partial charge in [-0.05, 0) is 19.3 Å². The summed E-state index contributed by atoms with van der Waals surface area (Å²) < 4.78 is 3.42. The van der Waals surface area contributed by atoms with Crippen LogP contribution < -0.4 is 10.6 Å². The molecule has 0 unspecified atom stereocenters. The monoisotopic (exact) mass is 554 g/mol. The third-order valence-electron chi connectivity index (χ3n) is 6.67. The fourth-order valence-electron chi connectivity index (χ4n) is 4.48. The first-order chi connectivity index (χ1) is 18.7. The van der Waals surface area contributed by atoms with Crippen molar-refractivity contribution in [3.05, 3.63) is 53.6 Å². The quantitative estimate of drug-likeness (QED) is 0.499. The molecule has 0 saturated carbocycles. The number of nitrogens with one attached hydrogen (secondary N) is 2. The molecular weight excluding hydrogens is 520 g/mol. The number of halogens is 1. The van der Waals surface area contributed by atoms with Gasteiger partial charge in [-0.2, -0.15) is 10.2 Å². The molecule has 11 nitrogen and oxygen atoms in total. The molecule has 3 heterocycles. The van der Waals surface area contributed by atoms with Gasteiger partial charge in [-0.25, -0.2) is 9.67 Å². The number of aryl methyl sites for hydroxylation is 1. The van der Waals surface area contributed by atoms with E-state index in [1.807, 2.05) is 44.2 Å². The zero-order chi connectivity index (χ0) is 27.9. The van der Waals surface area contributed by atoms with E-state index >= 15 is 0 Å². The maximum absolute atomic E-state index is 13.3. The molecule has 0 bridgehead atoms. The van der Waals surface area contributed by atoms with Crippen molar-refractivity contribution in [2.24, 2.45) is 5.92 Å². The summed E-state index contributed by atoms with van der Waals surface area (Å²) in [6.45, 7) is 7.21. The van der Waals surface area contributed by atoms with Crippen molar-refractivity contribution in [2.75, 3.05) is 13.1 Å². The molecule has 12 heteroatoms. The fraction of sp³-hybridized carbons (Fsp3) is 0.481. The minimum atomic E-state index is -0.717. The lowest BCUT2D eigenvalue weighted by Crippen LogP contribution is -2.47. The van der Waals surface area contributed by atoms with Crippen LogP contribution >= 0.6 is 11.6 Å².